The maximum absolute atomic E-state index is 15.0. The number of Topliss-reactive ketones (excluding diaryl/α,β-unsaturated/α-hetero) is 1. The van der Waals surface area contributed by atoms with E-state index in [1.165, 1.54) is 5.57 Å². The number of hydrogen-bond donors (Lipinski definition) is 1. The van der Waals surface area contributed by atoms with E-state index in [-0.39, 0.29) is 40.7 Å². The molecule has 0 bridgehead atoms. The molecule has 4 rings (SSSR count). The van der Waals surface area contributed by atoms with Crippen molar-refractivity contribution in [3.8, 4) is 12.3 Å². The lowest BCUT2D eigenvalue weighted by Crippen LogP contribution is -2.50. The minimum absolute atomic E-state index is 0.0897. The summed E-state index contributed by atoms with van der Waals surface area (Å²) in [6.07, 6.45) is 11.9. The fraction of sp³-hybridized carbons (Fsp3) is 0.667. The molecule has 2 fully saturated rings. The second-order valence-electron chi connectivity index (χ2n) is 8.67. The predicted octanol–water partition coefficient (Wildman–Crippen LogP) is 4.10. The number of aliphatic hydroxyl groups is 1. The van der Waals surface area contributed by atoms with Gasteiger partial charge in [-0.3, -0.25) is 4.79 Å². The summed E-state index contributed by atoms with van der Waals surface area (Å²) in [6, 6.07) is 0. The Kier molecular flexibility index (Phi) is 3.23. The van der Waals surface area contributed by atoms with Crippen LogP contribution in [0.5, 0.6) is 0 Å². The molecule has 128 valence electrons. The fourth-order valence-corrected chi connectivity index (χ4v) is 6.11. The Balaban J connectivity index is 1.81. The molecular formula is C21H25FO2. The summed E-state index contributed by atoms with van der Waals surface area (Å²) in [4.78, 5) is 11.8. The lowest BCUT2D eigenvalue weighted by Gasteiger charge is -2.53. The van der Waals surface area contributed by atoms with Gasteiger partial charge in [-0.15, -0.1) is 6.42 Å². The maximum atomic E-state index is 15.0. The van der Waals surface area contributed by atoms with Gasteiger partial charge in [0.05, 0.1) is 0 Å². The van der Waals surface area contributed by atoms with Crippen molar-refractivity contribution in [2.45, 2.75) is 64.4 Å². The molecule has 2 saturated carbocycles. The first-order valence-electron chi connectivity index (χ1n) is 9.05. The molecule has 3 heteroatoms. The largest absolute Gasteiger partial charge is 0.377 e. The van der Waals surface area contributed by atoms with Gasteiger partial charge < -0.3 is 5.11 Å². The quantitative estimate of drug-likeness (QED) is 0.537. The number of hydrogen-bond acceptors (Lipinski definition) is 2. The van der Waals surface area contributed by atoms with Crippen molar-refractivity contribution in [1.29, 1.82) is 0 Å². The zero-order valence-corrected chi connectivity index (χ0v) is 14.5. The van der Waals surface area contributed by atoms with Gasteiger partial charge in [0.2, 0.25) is 0 Å². The smallest absolute Gasteiger partial charge is 0.137 e. The Morgan fingerprint density at radius 3 is 2.83 bits per heavy atom. The predicted molar refractivity (Wildman–Crippen MR) is 90.5 cm³/mol. The lowest BCUT2D eigenvalue weighted by molar-refractivity contribution is -0.120. The highest BCUT2D eigenvalue weighted by atomic mass is 19.1. The summed E-state index contributed by atoms with van der Waals surface area (Å²) < 4.78 is 15.0. The van der Waals surface area contributed by atoms with Crippen molar-refractivity contribution < 1.29 is 14.3 Å². The van der Waals surface area contributed by atoms with Crippen molar-refractivity contribution in [2.75, 3.05) is 0 Å². The summed E-state index contributed by atoms with van der Waals surface area (Å²) in [5.74, 6) is 3.01. The topological polar surface area (TPSA) is 37.3 Å². The van der Waals surface area contributed by atoms with Crippen LogP contribution < -0.4 is 0 Å². The van der Waals surface area contributed by atoms with Gasteiger partial charge in [-0.25, -0.2) is 4.39 Å². The van der Waals surface area contributed by atoms with Gasteiger partial charge in [0.25, 0.3) is 0 Å². The number of carbonyl (C=O) groups excluding carboxylic acids is 1. The van der Waals surface area contributed by atoms with Gasteiger partial charge in [0, 0.05) is 30.1 Å². The van der Waals surface area contributed by atoms with Crippen molar-refractivity contribution in [1.82, 2.24) is 0 Å². The normalized spacial score (nSPS) is 47.5. The van der Waals surface area contributed by atoms with Crippen molar-refractivity contribution in [3.05, 3.63) is 23.0 Å². The van der Waals surface area contributed by atoms with E-state index in [4.69, 9.17) is 6.42 Å². The minimum Gasteiger partial charge on any atom is -0.377 e. The van der Waals surface area contributed by atoms with Crippen molar-refractivity contribution in [2.24, 2.45) is 22.7 Å². The number of halogens is 1. The molecule has 0 aromatic heterocycles. The maximum Gasteiger partial charge on any atom is 0.137 e. The molecule has 0 aromatic carbocycles. The van der Waals surface area contributed by atoms with Gasteiger partial charge in [-0.05, 0) is 43.1 Å². The monoisotopic (exact) mass is 328 g/mol. The van der Waals surface area contributed by atoms with E-state index >= 15 is 0 Å². The van der Waals surface area contributed by atoms with Crippen LogP contribution in [0, 0.1) is 35.0 Å². The van der Waals surface area contributed by atoms with E-state index < -0.39 is 5.60 Å². The van der Waals surface area contributed by atoms with E-state index in [0.29, 0.717) is 25.7 Å². The first-order chi connectivity index (χ1) is 11.2. The average molecular weight is 328 g/mol. The first kappa shape index (κ1) is 16.1. The highest BCUT2D eigenvalue weighted by Crippen LogP contribution is 2.65. The summed E-state index contributed by atoms with van der Waals surface area (Å²) >= 11 is 0. The van der Waals surface area contributed by atoms with Crippen LogP contribution >= 0.6 is 0 Å². The third-order valence-electron chi connectivity index (χ3n) is 7.76. The van der Waals surface area contributed by atoms with Crippen LogP contribution in [-0.2, 0) is 4.79 Å². The number of allylic oxidation sites excluding steroid dienone is 4. The molecule has 0 unspecified atom stereocenters. The molecule has 0 aromatic rings. The van der Waals surface area contributed by atoms with Gasteiger partial charge >= 0.3 is 0 Å². The van der Waals surface area contributed by atoms with E-state index in [2.05, 4.69) is 25.8 Å². The average Bonchev–Trinajstić information content (AvgIpc) is 2.82. The van der Waals surface area contributed by atoms with Crippen LogP contribution in [-0.4, -0.2) is 16.5 Å². The summed E-state index contributed by atoms with van der Waals surface area (Å²) in [5, 5.41) is 10.9. The second-order valence-corrected chi connectivity index (χ2v) is 8.67. The molecular weight excluding hydrogens is 303 g/mol. The highest BCUT2D eigenvalue weighted by Gasteiger charge is 2.61. The molecule has 0 aliphatic heterocycles. The molecule has 0 spiro atoms. The van der Waals surface area contributed by atoms with Gasteiger partial charge in [-0.2, -0.15) is 0 Å². The Labute approximate surface area is 143 Å². The Morgan fingerprint density at radius 2 is 2.12 bits per heavy atom. The minimum atomic E-state index is -1.09. The number of ketones is 1. The van der Waals surface area contributed by atoms with Crippen LogP contribution in [0.2, 0.25) is 0 Å². The fourth-order valence-electron chi connectivity index (χ4n) is 6.11. The molecule has 0 radical (unpaired) electrons. The second kappa shape index (κ2) is 4.82. The molecule has 0 amide bonds. The van der Waals surface area contributed by atoms with E-state index in [1.807, 2.05) is 0 Å². The molecule has 0 saturated heterocycles. The van der Waals surface area contributed by atoms with Crippen LogP contribution in [0.25, 0.3) is 0 Å². The molecule has 1 N–H and O–H groups in total. The van der Waals surface area contributed by atoms with Crippen molar-refractivity contribution >= 4 is 5.78 Å². The Morgan fingerprint density at radius 1 is 1.38 bits per heavy atom. The van der Waals surface area contributed by atoms with E-state index in [0.717, 1.165) is 18.4 Å². The van der Waals surface area contributed by atoms with E-state index in [1.54, 1.807) is 0 Å². The van der Waals surface area contributed by atoms with Crippen LogP contribution in [0.3, 0.4) is 0 Å². The van der Waals surface area contributed by atoms with Crippen LogP contribution in [0.15, 0.2) is 23.0 Å². The standard InChI is InChI=1S/C21H25FO2/c1-4-21(24)10-7-16-14-12-18(22)17-11-13(23)5-8-19(17,2)15(14)6-9-20(16,21)3/h1,6,14,16,24H,5,7-12H2,2-3H3/t14-,16+,19-,20+,21+/m1/s1. The highest BCUT2D eigenvalue weighted by molar-refractivity contribution is 5.83. The Hall–Kier alpha value is -1.40. The molecule has 4 aliphatic rings. The molecule has 5 atom stereocenters. The van der Waals surface area contributed by atoms with Gasteiger partial charge in [0.1, 0.15) is 17.2 Å². The zero-order chi connectivity index (χ0) is 17.3. The molecule has 4 aliphatic carbocycles. The third-order valence-corrected chi connectivity index (χ3v) is 7.76. The SMILES string of the molecule is C#C[C@]1(O)CC[C@H]2[C@@H]3CC(F)=C4CC(=O)CC[C@]4(C)C3=CC[C@@]21C. The lowest BCUT2D eigenvalue weighted by atomic mass is 9.51. The van der Waals surface area contributed by atoms with Gasteiger partial charge in [-0.1, -0.05) is 31.4 Å². The number of terminal acetylenes is 1. The van der Waals surface area contributed by atoms with Crippen LogP contribution in [0.1, 0.15) is 58.8 Å². The third kappa shape index (κ3) is 1.78. The molecule has 24 heavy (non-hydrogen) atoms. The van der Waals surface area contributed by atoms with Gasteiger partial charge in [0.15, 0.2) is 0 Å². The van der Waals surface area contributed by atoms with E-state index in [9.17, 15) is 14.3 Å². The first-order valence-corrected chi connectivity index (χ1v) is 9.05. The molecule has 0 heterocycles. The number of rotatable bonds is 0. The zero-order valence-electron chi connectivity index (χ0n) is 14.5. The van der Waals surface area contributed by atoms with Crippen molar-refractivity contribution in [3.63, 3.8) is 0 Å². The Bertz CT molecular complexity index is 727. The summed E-state index contributed by atoms with van der Waals surface area (Å²) in [6.45, 7) is 4.18. The molecule has 2 nitrogen and oxygen atoms in total. The summed E-state index contributed by atoms with van der Waals surface area (Å²) in [5.41, 5.74) is 0.224. The van der Waals surface area contributed by atoms with Crippen LogP contribution in [0.4, 0.5) is 4.39 Å². The number of fused-ring (bicyclic) bond motifs is 5. The summed E-state index contributed by atoms with van der Waals surface area (Å²) in [7, 11) is 0. The number of carbonyl (C=O) groups is 1.